The minimum absolute atomic E-state index is 0.0455. The van der Waals surface area contributed by atoms with Gasteiger partial charge in [0.05, 0.1) is 29.4 Å². The Balaban J connectivity index is 1.44. The zero-order valence-corrected chi connectivity index (χ0v) is 18.3. The molecule has 0 amide bonds. The molecule has 166 valence electrons. The van der Waals surface area contributed by atoms with E-state index in [1.807, 2.05) is 10.9 Å². The number of likely N-dealkylation sites (N-methyl/N-ethyl adjacent to an activating group) is 1. The van der Waals surface area contributed by atoms with E-state index in [2.05, 4.69) is 44.3 Å². The maximum Gasteiger partial charge on any atom is 0.261 e. The number of hydrogen-bond donors (Lipinski definition) is 1. The number of ether oxygens (including phenoxy) is 1. The van der Waals surface area contributed by atoms with Crippen LogP contribution in [0.3, 0.4) is 0 Å². The first-order chi connectivity index (χ1) is 15.2. The Morgan fingerprint density at radius 1 is 1.16 bits per heavy atom. The van der Waals surface area contributed by atoms with Gasteiger partial charge in [-0.1, -0.05) is 5.16 Å². The van der Waals surface area contributed by atoms with E-state index in [0.717, 1.165) is 80.9 Å². The van der Waals surface area contributed by atoms with Crippen LogP contribution < -0.4 is 5.32 Å². The zero-order chi connectivity index (χ0) is 21.2. The molecule has 3 aromatic rings. The van der Waals surface area contributed by atoms with Crippen LogP contribution in [0.25, 0.3) is 22.5 Å². The Morgan fingerprint density at radius 2 is 2.03 bits per heavy atom. The molecule has 0 radical (unpaired) electrons. The van der Waals surface area contributed by atoms with Crippen molar-refractivity contribution in [1.82, 2.24) is 34.7 Å². The van der Waals surface area contributed by atoms with Gasteiger partial charge >= 0.3 is 0 Å². The first-order valence-electron chi connectivity index (χ1n) is 11.2. The molecule has 2 aliphatic rings. The van der Waals surface area contributed by atoms with E-state index in [0.29, 0.717) is 18.3 Å². The maximum atomic E-state index is 5.93. The Hall–Kier alpha value is -2.56. The lowest BCUT2D eigenvalue weighted by atomic mass is 10.1. The Kier molecular flexibility index (Phi) is 5.84. The van der Waals surface area contributed by atoms with Crippen molar-refractivity contribution in [2.45, 2.75) is 45.5 Å². The summed E-state index contributed by atoms with van der Waals surface area (Å²) in [5.41, 5.74) is 2.52. The average Bonchev–Trinajstić information content (AvgIpc) is 3.43. The summed E-state index contributed by atoms with van der Waals surface area (Å²) >= 11 is 0. The standard InChI is InChI=1S/C21H30N8O2/c1-3-29-20-15(13-23-29)19(25-18-6-4-5-11-30-18)16(12-22-20)21-24-17(26-31-21)14-28-9-7-27(2)8-10-28/h12-13,18H,3-11,14H2,1-2H3,(H,22,25). The first kappa shape index (κ1) is 20.3. The molecule has 0 aromatic carbocycles. The number of hydrogen-bond acceptors (Lipinski definition) is 9. The highest BCUT2D eigenvalue weighted by Gasteiger charge is 2.23. The van der Waals surface area contributed by atoms with Crippen molar-refractivity contribution in [3.8, 4) is 11.5 Å². The summed E-state index contributed by atoms with van der Waals surface area (Å²) in [4.78, 5) is 14.0. The van der Waals surface area contributed by atoms with Crippen molar-refractivity contribution in [3.63, 3.8) is 0 Å². The van der Waals surface area contributed by atoms with E-state index >= 15 is 0 Å². The quantitative estimate of drug-likeness (QED) is 0.636. The van der Waals surface area contributed by atoms with Gasteiger partial charge in [-0.2, -0.15) is 10.1 Å². The number of aromatic nitrogens is 5. The van der Waals surface area contributed by atoms with E-state index in [4.69, 9.17) is 14.2 Å². The predicted molar refractivity (Wildman–Crippen MR) is 116 cm³/mol. The van der Waals surface area contributed by atoms with Gasteiger partial charge in [0.25, 0.3) is 5.89 Å². The number of nitrogens with one attached hydrogen (secondary N) is 1. The van der Waals surface area contributed by atoms with Gasteiger partial charge in [-0.15, -0.1) is 0 Å². The Bertz CT molecular complexity index is 1020. The largest absolute Gasteiger partial charge is 0.359 e. The first-order valence-corrected chi connectivity index (χ1v) is 11.2. The number of rotatable bonds is 6. The molecule has 10 nitrogen and oxygen atoms in total. The molecule has 0 spiro atoms. The normalized spacial score (nSPS) is 21.0. The number of pyridine rings is 1. The summed E-state index contributed by atoms with van der Waals surface area (Å²) in [7, 11) is 2.15. The van der Waals surface area contributed by atoms with Crippen LogP contribution in [0.5, 0.6) is 0 Å². The van der Waals surface area contributed by atoms with Crippen molar-refractivity contribution in [1.29, 1.82) is 0 Å². The fourth-order valence-corrected chi connectivity index (χ4v) is 4.22. The van der Waals surface area contributed by atoms with E-state index in [1.165, 1.54) is 0 Å². The van der Waals surface area contributed by atoms with Gasteiger partial charge in [0, 0.05) is 45.5 Å². The lowest BCUT2D eigenvalue weighted by Gasteiger charge is -2.31. The molecule has 2 aliphatic heterocycles. The summed E-state index contributed by atoms with van der Waals surface area (Å²) in [6.45, 7) is 8.41. The third-order valence-electron chi connectivity index (χ3n) is 6.11. The van der Waals surface area contributed by atoms with Crippen LogP contribution in [0.4, 0.5) is 5.69 Å². The van der Waals surface area contributed by atoms with E-state index < -0.39 is 0 Å². The molecule has 5 rings (SSSR count). The van der Waals surface area contributed by atoms with Gasteiger partial charge in [0.15, 0.2) is 11.5 Å². The molecule has 2 saturated heterocycles. The van der Waals surface area contributed by atoms with Gasteiger partial charge < -0.3 is 19.5 Å². The van der Waals surface area contributed by atoms with E-state index in [1.54, 1.807) is 6.20 Å². The highest BCUT2D eigenvalue weighted by molar-refractivity contribution is 5.96. The lowest BCUT2D eigenvalue weighted by Crippen LogP contribution is -2.44. The summed E-state index contributed by atoms with van der Waals surface area (Å²) in [5.74, 6) is 1.17. The van der Waals surface area contributed by atoms with Gasteiger partial charge in [0.2, 0.25) is 0 Å². The second kappa shape index (κ2) is 8.89. The molecule has 1 atom stereocenters. The van der Waals surface area contributed by atoms with Crippen LogP contribution in [-0.2, 0) is 17.8 Å². The molecule has 10 heteroatoms. The van der Waals surface area contributed by atoms with Crippen molar-refractivity contribution in [2.24, 2.45) is 0 Å². The van der Waals surface area contributed by atoms with E-state index in [9.17, 15) is 0 Å². The molecule has 0 aliphatic carbocycles. The monoisotopic (exact) mass is 426 g/mol. The van der Waals surface area contributed by atoms with Crippen LogP contribution in [0.2, 0.25) is 0 Å². The fourth-order valence-electron chi connectivity index (χ4n) is 4.22. The number of fused-ring (bicyclic) bond motifs is 1. The maximum absolute atomic E-state index is 5.93. The molecular weight excluding hydrogens is 396 g/mol. The molecule has 1 unspecified atom stereocenters. The smallest absolute Gasteiger partial charge is 0.261 e. The highest BCUT2D eigenvalue weighted by Crippen LogP contribution is 2.34. The summed E-state index contributed by atoms with van der Waals surface area (Å²) in [5, 5.41) is 13.2. The topological polar surface area (TPSA) is 97.4 Å². The third kappa shape index (κ3) is 4.28. The molecule has 2 fully saturated rings. The number of anilines is 1. The van der Waals surface area contributed by atoms with Crippen molar-refractivity contribution in [3.05, 3.63) is 18.2 Å². The van der Waals surface area contributed by atoms with Gasteiger partial charge in [-0.25, -0.2) is 9.67 Å². The van der Waals surface area contributed by atoms with Crippen LogP contribution in [0.15, 0.2) is 16.9 Å². The lowest BCUT2D eigenvalue weighted by molar-refractivity contribution is 0.0344. The van der Waals surface area contributed by atoms with Crippen molar-refractivity contribution >= 4 is 16.7 Å². The minimum atomic E-state index is -0.0455. The molecule has 1 N–H and O–H groups in total. The van der Waals surface area contributed by atoms with Crippen LogP contribution >= 0.6 is 0 Å². The zero-order valence-electron chi connectivity index (χ0n) is 18.3. The fraction of sp³-hybridized carbons (Fsp3) is 0.619. The van der Waals surface area contributed by atoms with Crippen LogP contribution in [0, 0.1) is 0 Å². The van der Waals surface area contributed by atoms with Crippen LogP contribution in [0.1, 0.15) is 32.0 Å². The summed E-state index contributed by atoms with van der Waals surface area (Å²) in [6.07, 6.45) is 6.81. The molecule has 31 heavy (non-hydrogen) atoms. The Labute approximate surface area is 181 Å². The molecule has 0 saturated carbocycles. The van der Waals surface area contributed by atoms with Gasteiger partial charge in [-0.05, 0) is 33.2 Å². The summed E-state index contributed by atoms with van der Waals surface area (Å²) < 4.78 is 13.5. The molecular formula is C21H30N8O2. The molecule has 3 aromatic heterocycles. The predicted octanol–water partition coefficient (Wildman–Crippen LogP) is 2.19. The second-order valence-electron chi connectivity index (χ2n) is 8.34. The number of piperazine rings is 1. The summed E-state index contributed by atoms with van der Waals surface area (Å²) in [6, 6.07) is 0. The number of aryl methyl sites for hydroxylation is 1. The minimum Gasteiger partial charge on any atom is -0.359 e. The molecule has 0 bridgehead atoms. The van der Waals surface area contributed by atoms with Gasteiger partial charge in [-0.3, -0.25) is 4.90 Å². The highest BCUT2D eigenvalue weighted by atomic mass is 16.5. The van der Waals surface area contributed by atoms with Crippen molar-refractivity contribution < 1.29 is 9.26 Å². The van der Waals surface area contributed by atoms with E-state index in [-0.39, 0.29) is 6.23 Å². The van der Waals surface area contributed by atoms with Crippen LogP contribution in [-0.4, -0.2) is 80.8 Å². The van der Waals surface area contributed by atoms with Crippen molar-refractivity contribution in [2.75, 3.05) is 45.2 Å². The van der Waals surface area contributed by atoms with Gasteiger partial charge in [0.1, 0.15) is 6.23 Å². The second-order valence-corrected chi connectivity index (χ2v) is 8.34. The SMILES string of the molecule is CCn1ncc2c(NC3CCCCO3)c(-c3nc(CN4CCN(C)CC4)no3)cnc21. The average molecular weight is 427 g/mol. The Morgan fingerprint density at radius 3 is 2.81 bits per heavy atom. The molecule has 5 heterocycles. The third-order valence-corrected chi connectivity index (χ3v) is 6.11. The number of nitrogens with zero attached hydrogens (tertiary/aromatic N) is 7.